The fourth-order valence-electron chi connectivity index (χ4n) is 1.60. The van der Waals surface area contributed by atoms with E-state index in [4.69, 9.17) is 0 Å². The monoisotopic (exact) mass is 244 g/mol. The fourth-order valence-corrected chi connectivity index (χ4v) is 2.68. The van der Waals surface area contributed by atoms with Crippen molar-refractivity contribution in [1.29, 1.82) is 0 Å². The van der Waals surface area contributed by atoms with Crippen molar-refractivity contribution in [2.75, 3.05) is 6.54 Å². The molecule has 6 heteroatoms. The molecular formula is C10H20N4OS. The maximum absolute atomic E-state index is 11.2. The molecule has 0 bridgehead atoms. The molecule has 92 valence electrons. The SMILES string of the molecule is CCNC(C)CC(C)Sc1n[nH]c(=O)n1C. The number of rotatable bonds is 6. The second kappa shape index (κ2) is 6.10. The minimum absolute atomic E-state index is 0.158. The van der Waals surface area contributed by atoms with Gasteiger partial charge in [0.15, 0.2) is 5.16 Å². The molecule has 0 amide bonds. The first-order valence-electron chi connectivity index (χ1n) is 5.56. The number of aromatic amines is 1. The molecule has 0 saturated carbocycles. The predicted octanol–water partition coefficient (Wildman–Crippen LogP) is 0.977. The highest BCUT2D eigenvalue weighted by atomic mass is 32.2. The van der Waals surface area contributed by atoms with Gasteiger partial charge in [-0.25, -0.2) is 9.89 Å². The lowest BCUT2D eigenvalue weighted by molar-refractivity contribution is 0.529. The van der Waals surface area contributed by atoms with Gasteiger partial charge in [0.1, 0.15) is 0 Å². The molecule has 5 nitrogen and oxygen atoms in total. The van der Waals surface area contributed by atoms with Crippen LogP contribution in [0, 0.1) is 0 Å². The normalized spacial score (nSPS) is 15.0. The summed E-state index contributed by atoms with van der Waals surface area (Å²) < 4.78 is 1.54. The Morgan fingerprint density at radius 3 is 2.75 bits per heavy atom. The van der Waals surface area contributed by atoms with Crippen LogP contribution in [0.25, 0.3) is 0 Å². The number of nitrogens with zero attached hydrogens (tertiary/aromatic N) is 2. The Morgan fingerprint density at radius 1 is 1.56 bits per heavy atom. The Bertz CT molecular complexity index is 373. The molecule has 0 aromatic carbocycles. The Labute approximate surface area is 100 Å². The zero-order valence-electron chi connectivity index (χ0n) is 10.3. The predicted molar refractivity (Wildman–Crippen MR) is 66.9 cm³/mol. The lowest BCUT2D eigenvalue weighted by atomic mass is 10.2. The van der Waals surface area contributed by atoms with Crippen LogP contribution in [0.1, 0.15) is 27.2 Å². The second-order valence-corrected chi connectivity index (χ2v) is 5.40. The van der Waals surface area contributed by atoms with E-state index < -0.39 is 0 Å². The summed E-state index contributed by atoms with van der Waals surface area (Å²) in [6, 6.07) is 0.489. The minimum Gasteiger partial charge on any atom is -0.314 e. The second-order valence-electron chi connectivity index (χ2n) is 3.99. The zero-order valence-corrected chi connectivity index (χ0v) is 11.1. The van der Waals surface area contributed by atoms with Crippen molar-refractivity contribution in [1.82, 2.24) is 20.1 Å². The van der Waals surface area contributed by atoms with E-state index in [0.29, 0.717) is 11.3 Å². The largest absolute Gasteiger partial charge is 0.343 e. The van der Waals surface area contributed by atoms with E-state index >= 15 is 0 Å². The summed E-state index contributed by atoms with van der Waals surface area (Å²) in [5.41, 5.74) is -0.158. The van der Waals surface area contributed by atoms with Gasteiger partial charge in [-0.15, -0.1) is 5.10 Å². The standard InChI is InChI=1S/C10H20N4OS/c1-5-11-7(2)6-8(3)16-10-13-12-9(15)14(10)4/h7-8,11H,5-6H2,1-4H3,(H,12,15). The molecule has 0 aliphatic heterocycles. The number of aromatic nitrogens is 3. The summed E-state index contributed by atoms with van der Waals surface area (Å²) in [6.07, 6.45) is 1.06. The van der Waals surface area contributed by atoms with Gasteiger partial charge in [-0.2, -0.15) is 0 Å². The van der Waals surface area contributed by atoms with Gasteiger partial charge in [-0.05, 0) is 19.9 Å². The highest BCUT2D eigenvalue weighted by Gasteiger charge is 2.13. The third-order valence-electron chi connectivity index (χ3n) is 2.38. The smallest absolute Gasteiger partial charge is 0.314 e. The van der Waals surface area contributed by atoms with Crippen LogP contribution >= 0.6 is 11.8 Å². The molecule has 0 radical (unpaired) electrons. The van der Waals surface area contributed by atoms with Crippen LogP contribution in [0.15, 0.2) is 9.95 Å². The van der Waals surface area contributed by atoms with Crippen molar-refractivity contribution in [3.63, 3.8) is 0 Å². The zero-order chi connectivity index (χ0) is 12.1. The van der Waals surface area contributed by atoms with Crippen molar-refractivity contribution in [2.24, 2.45) is 7.05 Å². The van der Waals surface area contributed by atoms with Crippen molar-refractivity contribution >= 4 is 11.8 Å². The van der Waals surface area contributed by atoms with E-state index in [1.165, 1.54) is 0 Å². The molecular weight excluding hydrogens is 224 g/mol. The fraction of sp³-hybridized carbons (Fsp3) is 0.800. The molecule has 1 heterocycles. The average Bonchev–Trinajstić information content (AvgIpc) is 2.50. The molecule has 0 fully saturated rings. The van der Waals surface area contributed by atoms with E-state index in [2.05, 4.69) is 36.3 Å². The van der Waals surface area contributed by atoms with Gasteiger partial charge in [0.05, 0.1) is 0 Å². The Kier molecular flexibility index (Phi) is 5.08. The molecule has 0 spiro atoms. The van der Waals surface area contributed by atoms with E-state index in [-0.39, 0.29) is 5.69 Å². The highest BCUT2D eigenvalue weighted by molar-refractivity contribution is 7.99. The van der Waals surface area contributed by atoms with Crippen molar-refractivity contribution < 1.29 is 0 Å². The van der Waals surface area contributed by atoms with Crippen LogP contribution in [0.3, 0.4) is 0 Å². The Hall–Kier alpha value is -0.750. The summed E-state index contributed by atoms with van der Waals surface area (Å²) in [6.45, 7) is 7.41. The molecule has 2 unspecified atom stereocenters. The lowest BCUT2D eigenvalue weighted by Gasteiger charge is -2.16. The first kappa shape index (κ1) is 13.3. The number of hydrogen-bond donors (Lipinski definition) is 2. The molecule has 0 aliphatic carbocycles. The minimum atomic E-state index is -0.158. The van der Waals surface area contributed by atoms with E-state index in [1.54, 1.807) is 23.4 Å². The number of H-pyrrole nitrogens is 1. The van der Waals surface area contributed by atoms with Crippen LogP contribution in [0.4, 0.5) is 0 Å². The Morgan fingerprint density at radius 2 is 2.25 bits per heavy atom. The third kappa shape index (κ3) is 3.68. The van der Waals surface area contributed by atoms with Crippen LogP contribution in [-0.2, 0) is 7.05 Å². The van der Waals surface area contributed by atoms with Crippen LogP contribution < -0.4 is 11.0 Å². The molecule has 1 aromatic heterocycles. The quantitative estimate of drug-likeness (QED) is 0.732. The maximum atomic E-state index is 11.2. The van der Waals surface area contributed by atoms with Gasteiger partial charge < -0.3 is 5.32 Å². The highest BCUT2D eigenvalue weighted by Crippen LogP contribution is 2.22. The number of thioether (sulfide) groups is 1. The maximum Gasteiger partial charge on any atom is 0.343 e. The van der Waals surface area contributed by atoms with Gasteiger partial charge in [0, 0.05) is 18.3 Å². The van der Waals surface area contributed by atoms with Crippen LogP contribution in [0.5, 0.6) is 0 Å². The molecule has 0 saturated heterocycles. The number of hydrogen-bond acceptors (Lipinski definition) is 4. The molecule has 1 aromatic rings. The van der Waals surface area contributed by atoms with Gasteiger partial charge >= 0.3 is 5.69 Å². The van der Waals surface area contributed by atoms with E-state index in [9.17, 15) is 4.79 Å². The Balaban J connectivity index is 2.48. The summed E-state index contributed by atoms with van der Waals surface area (Å²) in [4.78, 5) is 11.2. The first-order valence-corrected chi connectivity index (χ1v) is 6.44. The van der Waals surface area contributed by atoms with Gasteiger partial charge in [-0.1, -0.05) is 25.6 Å². The van der Waals surface area contributed by atoms with Crippen LogP contribution in [-0.4, -0.2) is 32.6 Å². The summed E-state index contributed by atoms with van der Waals surface area (Å²) in [5.74, 6) is 0. The molecule has 1 rings (SSSR count). The average molecular weight is 244 g/mol. The third-order valence-corrected chi connectivity index (χ3v) is 3.55. The molecule has 16 heavy (non-hydrogen) atoms. The topological polar surface area (TPSA) is 62.7 Å². The van der Waals surface area contributed by atoms with Crippen molar-refractivity contribution in [3.05, 3.63) is 10.5 Å². The summed E-state index contributed by atoms with van der Waals surface area (Å²) in [7, 11) is 1.73. The first-order chi connectivity index (χ1) is 7.54. The van der Waals surface area contributed by atoms with Crippen molar-refractivity contribution in [2.45, 2.75) is 43.6 Å². The van der Waals surface area contributed by atoms with Gasteiger partial charge in [0.25, 0.3) is 0 Å². The summed E-state index contributed by atoms with van der Waals surface area (Å²) in [5, 5.41) is 11.0. The van der Waals surface area contributed by atoms with E-state index in [1.807, 2.05) is 0 Å². The number of nitrogens with one attached hydrogen (secondary N) is 2. The summed E-state index contributed by atoms with van der Waals surface area (Å²) >= 11 is 1.63. The van der Waals surface area contributed by atoms with E-state index in [0.717, 1.165) is 18.1 Å². The lowest BCUT2D eigenvalue weighted by Crippen LogP contribution is -2.28. The molecule has 0 aliphatic rings. The molecule has 2 atom stereocenters. The van der Waals surface area contributed by atoms with Crippen LogP contribution in [0.2, 0.25) is 0 Å². The molecule has 2 N–H and O–H groups in total. The van der Waals surface area contributed by atoms with Gasteiger partial charge in [0.2, 0.25) is 0 Å². The van der Waals surface area contributed by atoms with Crippen molar-refractivity contribution in [3.8, 4) is 0 Å². The van der Waals surface area contributed by atoms with Gasteiger partial charge in [-0.3, -0.25) is 4.57 Å².